The molecule has 2 heterocycles. The second-order valence-electron chi connectivity index (χ2n) is 27.2. The average molecular weight is 1370 g/mol. The van der Waals surface area contributed by atoms with E-state index in [0.717, 1.165) is 111 Å². The molecule has 0 unspecified atom stereocenters. The van der Waals surface area contributed by atoms with Gasteiger partial charge in [0.1, 0.15) is 5.82 Å². The summed E-state index contributed by atoms with van der Waals surface area (Å²) in [6.07, 6.45) is 0. The Morgan fingerprint density at radius 2 is 0.410 bits per heavy atom. The molecule has 0 radical (unpaired) electrons. The van der Waals surface area contributed by atoms with Crippen LogP contribution in [0.2, 0.25) is 0 Å². The molecule has 0 bridgehead atoms. The maximum atomic E-state index is 6.06. The van der Waals surface area contributed by atoms with Gasteiger partial charge >= 0.3 is 0 Å². The molecule has 2 aromatic heterocycles. The summed E-state index contributed by atoms with van der Waals surface area (Å²) >= 11 is 0. The number of para-hydroxylation sites is 2. The van der Waals surface area contributed by atoms with Crippen molar-refractivity contribution in [2.24, 2.45) is 0 Å². The van der Waals surface area contributed by atoms with Gasteiger partial charge in [0.2, 0.25) is 0 Å². The fourth-order valence-corrected chi connectivity index (χ4v) is 26.1. The van der Waals surface area contributed by atoms with Crippen LogP contribution in [-0.4, -0.2) is 30.7 Å². The summed E-state index contributed by atoms with van der Waals surface area (Å²) in [5, 5.41) is 12.1. The first kappa shape index (κ1) is 64.0. The van der Waals surface area contributed by atoms with Crippen molar-refractivity contribution < 1.29 is 0 Å². The van der Waals surface area contributed by atoms with Gasteiger partial charge in [-0.15, -0.1) is 0 Å². The van der Waals surface area contributed by atoms with Crippen LogP contribution in [0.4, 0.5) is 0 Å². The van der Waals surface area contributed by atoms with Gasteiger partial charge in [0, 0.05) is 28.0 Å². The third kappa shape index (κ3) is 12.0. The van der Waals surface area contributed by atoms with Gasteiger partial charge < -0.3 is 0 Å². The number of fused-ring (bicyclic) bond motifs is 3. The second kappa shape index (κ2) is 28.0. The highest BCUT2D eigenvalue weighted by Crippen LogP contribution is 2.35. The molecule has 105 heavy (non-hydrogen) atoms. The van der Waals surface area contributed by atoms with Crippen molar-refractivity contribution in [3.05, 3.63) is 431 Å². The van der Waals surface area contributed by atoms with Crippen LogP contribution in [0.3, 0.4) is 0 Å². The van der Waals surface area contributed by atoms with Crippen LogP contribution in [0.5, 0.6) is 0 Å². The van der Waals surface area contributed by atoms with Gasteiger partial charge in [-0.1, -0.05) is 413 Å². The molecule has 0 aliphatic carbocycles. The summed E-state index contributed by atoms with van der Waals surface area (Å²) in [7, 11) is -7.63. The van der Waals surface area contributed by atoms with Gasteiger partial charge in [0.05, 0.1) is 16.7 Å². The molecule has 0 atom stereocenters. The standard InChI is InChI=1S/C100H71N3Si2/c1-8-32-72(33-9-1)79-46-26-52-86(62-79)104(87-53-27-47-80(63-87)73-34-10-2-11-35-73,88-54-28-48-81(64-88)74-36-12-3-13-37-74)92-68-85(100-101-96(78-44-20-7-21-45-78)71-99(102-100)103-97-60-24-22-58-94(97)95-59-23-25-61-98(95)103)69-93(70-92)105(89-55-29-49-82(65-89)75-38-14-4-15-39-75,90-56-30-50-83(66-90)76-40-16-5-17-41-76)91-57-31-51-84(67-91)77-42-18-6-19-43-77/h1-71H. The Morgan fingerprint density at radius 3 is 0.695 bits per heavy atom. The molecule has 0 aliphatic heterocycles. The summed E-state index contributed by atoms with van der Waals surface area (Å²) in [6, 6.07) is 161. The normalized spacial score (nSPS) is 11.6. The van der Waals surface area contributed by atoms with Gasteiger partial charge in [0.25, 0.3) is 0 Å². The van der Waals surface area contributed by atoms with Crippen LogP contribution in [0.25, 0.3) is 117 Å². The predicted molar refractivity (Wildman–Crippen MR) is 447 cm³/mol. The number of hydrogen-bond acceptors (Lipinski definition) is 2. The maximum Gasteiger partial charge on any atom is 0.179 e. The van der Waals surface area contributed by atoms with E-state index in [1.54, 1.807) is 0 Å². The van der Waals surface area contributed by atoms with Crippen molar-refractivity contribution in [3.63, 3.8) is 0 Å². The topological polar surface area (TPSA) is 30.7 Å². The fraction of sp³-hybridized carbons (Fsp3) is 0. The minimum atomic E-state index is -3.82. The zero-order valence-corrected chi connectivity index (χ0v) is 59.8. The molecule has 5 heteroatoms. The van der Waals surface area contributed by atoms with E-state index in [-0.39, 0.29) is 0 Å². The molecule has 0 saturated heterocycles. The van der Waals surface area contributed by atoms with E-state index in [1.807, 2.05) is 0 Å². The third-order valence-electron chi connectivity index (χ3n) is 21.1. The maximum absolute atomic E-state index is 6.06. The summed E-state index contributed by atoms with van der Waals surface area (Å²) in [5.41, 5.74) is 18.6. The molecule has 0 spiro atoms. The van der Waals surface area contributed by atoms with Crippen molar-refractivity contribution in [2.45, 2.75) is 0 Å². The van der Waals surface area contributed by atoms with Crippen LogP contribution < -0.4 is 41.5 Å². The number of nitrogens with zero attached hydrogens (tertiary/aromatic N) is 3. The first-order valence-electron chi connectivity index (χ1n) is 36.1. The van der Waals surface area contributed by atoms with Gasteiger partial charge in [-0.2, -0.15) is 0 Å². The van der Waals surface area contributed by atoms with Crippen LogP contribution in [-0.2, 0) is 0 Å². The number of hydrogen-bond donors (Lipinski definition) is 0. The quantitative estimate of drug-likeness (QED) is 0.0672. The molecular weight excluding hydrogens is 1300 g/mol. The largest absolute Gasteiger partial charge is 0.294 e. The molecule has 494 valence electrons. The Hall–Kier alpha value is -13.2. The molecule has 0 fully saturated rings. The van der Waals surface area contributed by atoms with E-state index in [4.69, 9.17) is 9.97 Å². The Bertz CT molecular complexity index is 5410. The lowest BCUT2D eigenvalue weighted by Gasteiger charge is -2.39. The zero-order valence-electron chi connectivity index (χ0n) is 57.8. The molecule has 16 aromatic carbocycles. The van der Waals surface area contributed by atoms with Crippen molar-refractivity contribution in [1.82, 2.24) is 14.5 Å². The highest BCUT2D eigenvalue weighted by Gasteiger charge is 2.47. The van der Waals surface area contributed by atoms with E-state index in [9.17, 15) is 0 Å². The molecule has 0 amide bonds. The highest BCUT2D eigenvalue weighted by molar-refractivity contribution is 7.22. The van der Waals surface area contributed by atoms with Crippen LogP contribution in [0, 0.1) is 0 Å². The van der Waals surface area contributed by atoms with Crippen molar-refractivity contribution in [2.75, 3.05) is 0 Å². The molecule has 0 saturated carbocycles. The third-order valence-corrected chi connectivity index (χ3v) is 30.4. The summed E-state index contributed by atoms with van der Waals surface area (Å²) in [4.78, 5) is 12.0. The molecule has 3 nitrogen and oxygen atoms in total. The SMILES string of the molecule is c1ccc(-c2cccc([Si](c3cccc(-c4ccccc4)c3)(c3cccc(-c4ccccc4)c3)c3cc(-c4nc(-c5ccccc5)cc(-n5c6ccccc6c6ccccc65)n4)cc([Si](c4cccc(-c5ccccc5)c4)(c4cccc(-c5ccccc5)c4)c4cccc(-c5ccccc5)c4)c3)c2)cc1. The van der Waals surface area contributed by atoms with Gasteiger partial charge in [-0.3, -0.25) is 4.57 Å². The number of rotatable bonds is 17. The summed E-state index contributed by atoms with van der Waals surface area (Å²) < 4.78 is 2.35. The Balaban J connectivity index is 1.06. The first-order valence-corrected chi connectivity index (χ1v) is 40.1. The fourth-order valence-electron chi connectivity index (χ4n) is 16.2. The average Bonchev–Trinajstić information content (AvgIpc) is 1.37. The minimum absolute atomic E-state index is 0.616. The van der Waals surface area contributed by atoms with Crippen molar-refractivity contribution in [3.8, 4) is 95.2 Å². The Kier molecular flexibility index (Phi) is 17.1. The van der Waals surface area contributed by atoms with E-state index in [0.29, 0.717) is 5.82 Å². The lowest BCUT2D eigenvalue weighted by atomic mass is 10.1. The number of benzene rings is 16. The molecule has 0 N–H and O–H groups in total. The second-order valence-corrected chi connectivity index (χ2v) is 34.8. The number of aromatic nitrogens is 3. The lowest BCUT2D eigenvalue weighted by molar-refractivity contribution is 1.05. The predicted octanol–water partition coefficient (Wildman–Crippen LogP) is 19.7. The van der Waals surface area contributed by atoms with E-state index >= 15 is 0 Å². The minimum Gasteiger partial charge on any atom is -0.294 e. The Labute approximate surface area is 615 Å². The van der Waals surface area contributed by atoms with Crippen molar-refractivity contribution in [1.29, 1.82) is 0 Å². The smallest absolute Gasteiger partial charge is 0.179 e. The van der Waals surface area contributed by atoms with E-state index < -0.39 is 16.1 Å². The Morgan fingerprint density at radius 1 is 0.171 bits per heavy atom. The van der Waals surface area contributed by atoms with E-state index in [1.165, 1.54) is 41.5 Å². The van der Waals surface area contributed by atoms with Crippen LogP contribution in [0.1, 0.15) is 0 Å². The lowest BCUT2D eigenvalue weighted by Crippen LogP contribution is -2.78. The van der Waals surface area contributed by atoms with Gasteiger partial charge in [-0.05, 0) is 120 Å². The van der Waals surface area contributed by atoms with Crippen molar-refractivity contribution >= 4 is 79.4 Å². The van der Waals surface area contributed by atoms with Crippen LogP contribution in [0.15, 0.2) is 431 Å². The van der Waals surface area contributed by atoms with Gasteiger partial charge in [0.15, 0.2) is 22.0 Å². The molecule has 18 rings (SSSR count). The molecule has 18 aromatic rings. The first-order chi connectivity index (χ1) is 52.0. The van der Waals surface area contributed by atoms with Crippen LogP contribution >= 0.6 is 0 Å². The van der Waals surface area contributed by atoms with Gasteiger partial charge in [-0.25, -0.2) is 9.97 Å². The molecule has 0 aliphatic rings. The monoisotopic (exact) mass is 1370 g/mol. The highest BCUT2D eigenvalue weighted by atomic mass is 28.3. The van der Waals surface area contributed by atoms with E-state index in [2.05, 4.69) is 435 Å². The molecular formula is C100H71N3Si2. The summed E-state index contributed by atoms with van der Waals surface area (Å²) in [5.74, 6) is 1.39. The summed E-state index contributed by atoms with van der Waals surface area (Å²) in [6.45, 7) is 0. The zero-order chi connectivity index (χ0) is 69.9.